The number of phenolic OH excluding ortho intramolecular Hbond substituents is 1. The number of hydrogen-bond acceptors (Lipinski definition) is 5. The molecular formula is C25H26F2N2O4S. The molecule has 34 heavy (non-hydrogen) atoms. The van der Waals surface area contributed by atoms with Crippen molar-refractivity contribution in [1.82, 2.24) is 4.90 Å². The second-order valence-electron chi connectivity index (χ2n) is 8.15. The maximum atomic E-state index is 14.4. The van der Waals surface area contributed by atoms with E-state index in [0.717, 1.165) is 36.1 Å². The van der Waals surface area contributed by atoms with E-state index in [9.17, 15) is 22.3 Å². The number of ether oxygens (including phenoxy) is 1. The second kappa shape index (κ2) is 10.4. The van der Waals surface area contributed by atoms with Crippen LogP contribution < -0.4 is 9.04 Å². The first-order chi connectivity index (χ1) is 16.3. The maximum Gasteiger partial charge on any atom is 0.267 e. The highest BCUT2D eigenvalue weighted by molar-refractivity contribution is 7.92. The van der Waals surface area contributed by atoms with Gasteiger partial charge in [-0.05, 0) is 80.0 Å². The van der Waals surface area contributed by atoms with Crippen molar-refractivity contribution in [2.45, 2.75) is 24.3 Å². The summed E-state index contributed by atoms with van der Waals surface area (Å²) >= 11 is 0. The molecule has 0 aliphatic carbocycles. The van der Waals surface area contributed by atoms with Crippen LogP contribution in [0.5, 0.6) is 11.5 Å². The van der Waals surface area contributed by atoms with Gasteiger partial charge in [-0.15, -0.1) is 0 Å². The summed E-state index contributed by atoms with van der Waals surface area (Å²) in [5.74, 6) is -1.48. The summed E-state index contributed by atoms with van der Waals surface area (Å²) in [7, 11) is -4.39. The lowest BCUT2D eigenvalue weighted by Gasteiger charge is -2.25. The van der Waals surface area contributed by atoms with Gasteiger partial charge in [0, 0.05) is 12.6 Å². The number of halogens is 2. The molecule has 1 N–H and O–H groups in total. The first kappa shape index (κ1) is 24.0. The zero-order valence-corrected chi connectivity index (χ0v) is 19.3. The molecule has 9 heteroatoms. The molecule has 1 aliphatic rings. The minimum atomic E-state index is -4.39. The van der Waals surface area contributed by atoms with E-state index in [1.807, 2.05) is 0 Å². The summed E-state index contributed by atoms with van der Waals surface area (Å²) in [4.78, 5) is 1.69. The Morgan fingerprint density at radius 2 is 1.71 bits per heavy atom. The van der Waals surface area contributed by atoms with E-state index in [4.69, 9.17) is 4.74 Å². The highest BCUT2D eigenvalue weighted by Crippen LogP contribution is 2.30. The molecule has 1 saturated heterocycles. The van der Waals surface area contributed by atoms with E-state index in [0.29, 0.717) is 24.0 Å². The van der Waals surface area contributed by atoms with Crippen LogP contribution in [0.1, 0.15) is 18.4 Å². The highest BCUT2D eigenvalue weighted by Gasteiger charge is 2.28. The van der Waals surface area contributed by atoms with E-state index in [-0.39, 0.29) is 18.0 Å². The fourth-order valence-corrected chi connectivity index (χ4v) is 5.45. The normalized spacial score (nSPS) is 14.3. The van der Waals surface area contributed by atoms with Gasteiger partial charge >= 0.3 is 0 Å². The summed E-state index contributed by atoms with van der Waals surface area (Å²) in [6.45, 7) is 3.33. The van der Waals surface area contributed by atoms with Gasteiger partial charge in [0.25, 0.3) is 10.0 Å². The van der Waals surface area contributed by atoms with Crippen molar-refractivity contribution in [3.63, 3.8) is 0 Å². The third-order valence-electron chi connectivity index (χ3n) is 5.70. The summed E-state index contributed by atoms with van der Waals surface area (Å²) in [6.07, 6.45) is 2.40. The fourth-order valence-electron chi connectivity index (χ4n) is 3.95. The van der Waals surface area contributed by atoms with Crippen LogP contribution in [0.15, 0.2) is 71.6 Å². The van der Waals surface area contributed by atoms with E-state index < -0.39 is 26.6 Å². The third kappa shape index (κ3) is 5.66. The van der Waals surface area contributed by atoms with Gasteiger partial charge in [0.1, 0.15) is 34.6 Å². The maximum absolute atomic E-state index is 14.4. The van der Waals surface area contributed by atoms with Crippen molar-refractivity contribution >= 4 is 15.7 Å². The Labute approximate surface area is 198 Å². The predicted octanol–water partition coefficient (Wildman–Crippen LogP) is 4.54. The van der Waals surface area contributed by atoms with Crippen LogP contribution in [0.4, 0.5) is 14.5 Å². The molecular weight excluding hydrogens is 462 g/mol. The molecule has 0 radical (unpaired) electrons. The molecule has 4 rings (SSSR count). The molecule has 0 spiro atoms. The first-order valence-corrected chi connectivity index (χ1v) is 12.5. The molecule has 1 aliphatic heterocycles. The van der Waals surface area contributed by atoms with Gasteiger partial charge in [-0.2, -0.15) is 0 Å². The highest BCUT2D eigenvalue weighted by atomic mass is 32.2. The van der Waals surface area contributed by atoms with Gasteiger partial charge in [0.15, 0.2) is 0 Å². The molecule has 0 atom stereocenters. The number of nitrogens with zero attached hydrogens (tertiary/aromatic N) is 2. The van der Waals surface area contributed by atoms with E-state index >= 15 is 0 Å². The molecule has 0 unspecified atom stereocenters. The van der Waals surface area contributed by atoms with Crippen molar-refractivity contribution < 1.29 is 27.0 Å². The summed E-state index contributed by atoms with van der Waals surface area (Å²) in [6, 6.07) is 15.0. The Balaban J connectivity index is 1.59. The van der Waals surface area contributed by atoms with Crippen molar-refractivity contribution in [2.75, 3.05) is 30.5 Å². The number of likely N-dealkylation sites (tertiary alicyclic amines) is 1. The average molecular weight is 489 g/mol. The van der Waals surface area contributed by atoms with Crippen molar-refractivity contribution in [1.29, 1.82) is 0 Å². The van der Waals surface area contributed by atoms with Gasteiger partial charge in [-0.3, -0.25) is 9.21 Å². The predicted molar refractivity (Wildman–Crippen MR) is 125 cm³/mol. The van der Waals surface area contributed by atoms with Crippen LogP contribution >= 0.6 is 0 Å². The van der Waals surface area contributed by atoms with E-state index in [1.165, 1.54) is 25.0 Å². The number of sulfonamides is 1. The number of aromatic hydroxyl groups is 1. The summed E-state index contributed by atoms with van der Waals surface area (Å²) in [5.41, 5.74) is 0.774. The van der Waals surface area contributed by atoms with Crippen LogP contribution in [0.3, 0.4) is 0 Å². The lowest BCUT2D eigenvalue weighted by molar-refractivity contribution is 0.238. The summed E-state index contributed by atoms with van der Waals surface area (Å²) in [5, 5.41) is 9.80. The molecule has 0 aromatic heterocycles. The SMILES string of the molecule is O=S(=O)(c1ccc(F)cc1F)N(Cc1cccc(O)c1)c1ccc(OCCN2CCCC2)cc1. The Morgan fingerprint density at radius 1 is 0.971 bits per heavy atom. The third-order valence-corrected chi connectivity index (χ3v) is 7.51. The first-order valence-electron chi connectivity index (χ1n) is 11.0. The van der Waals surface area contributed by atoms with Gasteiger partial charge in [0.2, 0.25) is 0 Å². The molecule has 1 fully saturated rings. The smallest absolute Gasteiger partial charge is 0.267 e. The van der Waals surface area contributed by atoms with Crippen LogP contribution in [-0.4, -0.2) is 44.7 Å². The Kier molecular flexibility index (Phi) is 7.33. The topological polar surface area (TPSA) is 70.1 Å². The van der Waals surface area contributed by atoms with Gasteiger partial charge in [0.05, 0.1) is 12.2 Å². The van der Waals surface area contributed by atoms with E-state index in [2.05, 4.69) is 4.90 Å². The van der Waals surface area contributed by atoms with E-state index in [1.54, 1.807) is 36.4 Å². The number of hydrogen-bond donors (Lipinski definition) is 1. The Bertz CT molecular complexity index is 1230. The zero-order valence-electron chi connectivity index (χ0n) is 18.5. The Morgan fingerprint density at radius 3 is 2.38 bits per heavy atom. The van der Waals surface area contributed by atoms with Crippen LogP contribution in [0, 0.1) is 11.6 Å². The lowest BCUT2D eigenvalue weighted by Crippen LogP contribution is -2.31. The van der Waals surface area contributed by atoms with Crippen molar-refractivity contribution in [3.05, 3.63) is 83.9 Å². The standard InChI is InChI=1S/C25H26F2N2O4S/c26-20-6-11-25(24(27)17-20)34(31,32)29(18-19-4-3-5-22(30)16-19)21-7-9-23(10-8-21)33-15-14-28-12-1-2-13-28/h3-11,16-17,30H,1-2,12-15,18H2. The molecule has 0 saturated carbocycles. The van der Waals surface area contributed by atoms with Crippen LogP contribution in [0.25, 0.3) is 0 Å². The number of anilines is 1. The summed E-state index contributed by atoms with van der Waals surface area (Å²) < 4.78 is 61.5. The molecule has 0 amide bonds. The van der Waals surface area contributed by atoms with Gasteiger partial charge < -0.3 is 9.84 Å². The quantitative estimate of drug-likeness (QED) is 0.479. The number of benzene rings is 3. The largest absolute Gasteiger partial charge is 0.508 e. The van der Waals surface area contributed by atoms with Crippen LogP contribution in [0.2, 0.25) is 0 Å². The van der Waals surface area contributed by atoms with Crippen molar-refractivity contribution in [3.8, 4) is 11.5 Å². The zero-order chi connectivity index (χ0) is 24.1. The number of rotatable bonds is 9. The minimum absolute atomic E-state index is 0.0236. The monoisotopic (exact) mass is 488 g/mol. The molecule has 0 bridgehead atoms. The fraction of sp³-hybridized carbons (Fsp3) is 0.280. The lowest BCUT2D eigenvalue weighted by atomic mass is 10.2. The second-order valence-corrected chi connectivity index (χ2v) is 9.98. The van der Waals surface area contributed by atoms with Gasteiger partial charge in [-0.25, -0.2) is 17.2 Å². The molecule has 3 aromatic rings. The molecule has 1 heterocycles. The molecule has 6 nitrogen and oxygen atoms in total. The molecule has 180 valence electrons. The molecule has 3 aromatic carbocycles. The van der Waals surface area contributed by atoms with Crippen molar-refractivity contribution in [2.24, 2.45) is 0 Å². The minimum Gasteiger partial charge on any atom is -0.508 e. The van der Waals surface area contributed by atoms with Crippen LogP contribution in [-0.2, 0) is 16.6 Å². The Hall–Kier alpha value is -3.17. The number of phenols is 1. The average Bonchev–Trinajstić information content (AvgIpc) is 3.31. The van der Waals surface area contributed by atoms with Gasteiger partial charge in [-0.1, -0.05) is 12.1 Å².